The zero-order valence-corrected chi connectivity index (χ0v) is 55.2. The van der Waals surface area contributed by atoms with Gasteiger partial charge in [0.1, 0.15) is 48.0 Å². The number of carbonyl (C=O) groups excluding carboxylic acids is 11. The molecule has 5 aromatic rings. The van der Waals surface area contributed by atoms with Crippen LogP contribution in [0.1, 0.15) is 102 Å². The van der Waals surface area contributed by atoms with Crippen molar-refractivity contribution in [1.82, 2.24) is 52.0 Å². The summed E-state index contributed by atoms with van der Waals surface area (Å²) >= 11 is 6.20. The third-order valence-electron chi connectivity index (χ3n) is 16.5. The number of benzene rings is 4. The molecule has 0 unspecified atom stereocenters. The highest BCUT2D eigenvalue weighted by Crippen LogP contribution is 2.30. The molecule has 9 atom stereocenters. The Morgan fingerprint density at radius 3 is 1.84 bits per heavy atom. The molecule has 25 nitrogen and oxygen atoms in total. The number of nitrogens with two attached hydrogens (primary N) is 2. The number of likely N-dealkylation sites (tertiary alicyclic amines) is 1. The minimum atomic E-state index is -1.84. The van der Waals surface area contributed by atoms with Gasteiger partial charge in [0.15, 0.2) is 11.3 Å². The summed E-state index contributed by atoms with van der Waals surface area (Å²) < 4.78 is 0. The Kier molecular flexibility index (Phi) is 28.3. The van der Waals surface area contributed by atoms with Crippen LogP contribution >= 0.6 is 11.6 Å². The Morgan fingerprint density at radius 1 is 0.663 bits per heavy atom. The summed E-state index contributed by atoms with van der Waals surface area (Å²) in [6.07, 6.45) is 4.83. The summed E-state index contributed by atoms with van der Waals surface area (Å²) in [7, 11) is 1.19. The number of primary amides is 1. The normalized spacial score (nSPS) is 16.2. The lowest BCUT2D eigenvalue weighted by atomic mass is 9.92. The molecular weight excluding hydrogens is 1240 g/mol. The summed E-state index contributed by atoms with van der Waals surface area (Å²) in [5, 5.41) is 42.6. The minimum absolute atomic E-state index is 0.0262. The number of pyridine rings is 1. The highest BCUT2D eigenvalue weighted by molar-refractivity contribution is 6.30. The van der Waals surface area contributed by atoms with Crippen LogP contribution < -0.4 is 48.7 Å². The average Bonchev–Trinajstić information content (AvgIpc) is 1.68. The van der Waals surface area contributed by atoms with E-state index >= 15 is 0 Å². The number of hydrogen-bond donors (Lipinski definition) is 11. The number of phenols is 1. The molecular formula is C69H88ClN12O13. The van der Waals surface area contributed by atoms with Gasteiger partial charge >= 0.3 is 0 Å². The topological polar surface area (TPSA) is 384 Å². The van der Waals surface area contributed by atoms with Gasteiger partial charge in [-0.1, -0.05) is 112 Å². The van der Waals surface area contributed by atoms with Gasteiger partial charge < -0.3 is 68.7 Å². The van der Waals surface area contributed by atoms with Crippen molar-refractivity contribution in [3.8, 4) is 5.75 Å². The van der Waals surface area contributed by atoms with Crippen molar-refractivity contribution < 1.29 is 63.0 Å². The van der Waals surface area contributed by atoms with Crippen LogP contribution in [0.5, 0.6) is 5.75 Å². The second-order valence-corrected chi connectivity index (χ2v) is 25.2. The van der Waals surface area contributed by atoms with Crippen LogP contribution in [-0.4, -0.2) is 177 Å². The Hall–Kier alpha value is -9.17. The highest BCUT2D eigenvalue weighted by Gasteiger charge is 2.50. The molecule has 1 saturated heterocycles. The first-order valence-corrected chi connectivity index (χ1v) is 32.2. The van der Waals surface area contributed by atoms with Crippen molar-refractivity contribution in [2.24, 2.45) is 17.4 Å². The number of likely N-dealkylation sites (N-methyl/N-ethyl adjacent to an activating group) is 1. The Morgan fingerprint density at radius 2 is 1.23 bits per heavy atom. The first kappa shape index (κ1) is 74.9. The van der Waals surface area contributed by atoms with E-state index in [1.54, 1.807) is 56.5 Å². The number of hydrogen-bond acceptors (Lipinski definition) is 16. The SMILES string of the molecule is CC(=O)[C@@]1([C]=O)CCCN1C(=O)[C@H](CCCCNC(C)C)NC(=O)[C@H](CC(C)C)NC(=O)[C@@H](CC(N)=O)NC(=O)[C@H](Cc1ccc(O)cc1)N(C)C(=O)[C@H](CO)NC(=O)[C@@H](Cc1cccnc1)NC(=O)[C@@H](Cc1ccc(Cl)cc1)NC(=O)[C@H](N)Cc1ccc2ccccc2c1. The molecule has 6 rings (SSSR count). The number of aliphatic hydroxyl groups is 1. The van der Waals surface area contributed by atoms with E-state index in [0.717, 1.165) is 26.1 Å². The van der Waals surface area contributed by atoms with E-state index in [1.165, 1.54) is 50.6 Å². The van der Waals surface area contributed by atoms with Gasteiger partial charge in [-0.3, -0.25) is 57.7 Å². The van der Waals surface area contributed by atoms with E-state index < -0.39 is 126 Å². The Bertz CT molecular complexity index is 3490. The number of unbranched alkanes of at least 4 members (excludes halogenated alkanes) is 1. The number of rotatable bonds is 36. The lowest BCUT2D eigenvalue weighted by Gasteiger charge is -2.34. The van der Waals surface area contributed by atoms with Crippen LogP contribution in [-0.2, 0) is 78.4 Å². The smallest absolute Gasteiger partial charge is 0.247 e. The number of nitrogens with one attached hydrogen (secondary N) is 7. The molecule has 1 aliphatic heterocycles. The number of ketones is 1. The van der Waals surface area contributed by atoms with E-state index in [2.05, 4.69) is 42.2 Å². The van der Waals surface area contributed by atoms with E-state index in [0.29, 0.717) is 47.5 Å². The number of aromatic nitrogens is 1. The standard InChI is InChI=1S/C69H88ClN12O13/c1-41(2)31-54(62(89)75-53(16-9-10-29-74-42(3)4)68(95)82-30-12-27-69(82,40-84)43(5)85)77-65(92)57(37-60(72)87)79-66(93)59(36-45-20-25-51(86)26-21-45)81(6)67(94)58(39-83)80-64(91)56(35-47-13-11-28-73-38-47)78-63(90)55(34-44-18-23-50(70)24-19-44)76-61(88)52(71)33-46-17-22-48-14-7-8-15-49(48)32-46/h7-8,11,13-15,17-26,28,32,38,41-42,52-59,74,83,86H,9-10,12,16,27,29-31,33-37,39,71H2,1-6H3,(H2,72,87)(H,75,89)(H,76,88)(H,77,92)(H,78,90)(H,79,93)(H,80,91)/t52-,53+,54+,55-,56-,57-,58+,59+,69+/m1/s1. The van der Waals surface area contributed by atoms with Gasteiger partial charge in [-0.15, -0.1) is 0 Å². The molecule has 1 aliphatic rings. The molecule has 0 aliphatic carbocycles. The minimum Gasteiger partial charge on any atom is -0.508 e. The van der Waals surface area contributed by atoms with E-state index in [1.807, 2.05) is 56.3 Å². The Labute approximate surface area is 558 Å². The quantitative estimate of drug-likeness (QED) is 0.0202. The van der Waals surface area contributed by atoms with Crippen LogP contribution in [0, 0.1) is 5.92 Å². The monoisotopic (exact) mass is 1330 g/mol. The number of carbonyl (C=O) groups is 10. The first-order chi connectivity index (χ1) is 45.2. The fraction of sp³-hybridized carbons (Fsp3) is 0.449. The number of nitrogens with zero attached hydrogens (tertiary/aromatic N) is 3. The third-order valence-corrected chi connectivity index (χ3v) is 16.8. The van der Waals surface area contributed by atoms with Gasteiger partial charge in [-0.05, 0) is 128 Å². The van der Waals surface area contributed by atoms with E-state index in [9.17, 15) is 63.0 Å². The van der Waals surface area contributed by atoms with Gasteiger partial charge in [0.25, 0.3) is 0 Å². The van der Waals surface area contributed by atoms with Crippen LogP contribution in [0.25, 0.3) is 10.8 Å². The van der Waals surface area contributed by atoms with E-state index in [-0.39, 0.29) is 69.2 Å². The predicted molar refractivity (Wildman–Crippen MR) is 356 cm³/mol. The second-order valence-electron chi connectivity index (χ2n) is 24.8. The number of fused-ring (bicyclic) bond motifs is 1. The molecule has 1 aromatic heterocycles. The summed E-state index contributed by atoms with van der Waals surface area (Å²) in [6.45, 7) is 8.25. The molecule has 1 radical (unpaired) electrons. The fourth-order valence-electron chi connectivity index (χ4n) is 11.3. The Balaban J connectivity index is 1.24. The maximum atomic E-state index is 14.8. The number of aromatic hydroxyl groups is 1. The molecule has 13 N–H and O–H groups in total. The molecule has 9 amide bonds. The highest BCUT2D eigenvalue weighted by atomic mass is 35.5. The third kappa shape index (κ3) is 22.0. The molecule has 95 heavy (non-hydrogen) atoms. The number of amides is 9. The predicted octanol–water partition coefficient (Wildman–Crippen LogP) is 2.07. The maximum absolute atomic E-state index is 14.8. The summed E-state index contributed by atoms with van der Waals surface area (Å²) in [5.74, 6) is -9.24. The maximum Gasteiger partial charge on any atom is 0.247 e. The van der Waals surface area contributed by atoms with Crippen molar-refractivity contribution in [2.45, 2.75) is 165 Å². The molecule has 2 heterocycles. The first-order valence-electron chi connectivity index (χ1n) is 31.8. The average molecular weight is 1330 g/mol. The lowest BCUT2D eigenvalue weighted by molar-refractivity contribution is -0.144. The van der Waals surface area contributed by atoms with E-state index in [4.69, 9.17) is 23.1 Å². The number of aliphatic hydroxyl groups excluding tert-OH is 1. The van der Waals surface area contributed by atoms with Gasteiger partial charge in [-0.25, -0.2) is 0 Å². The molecule has 0 spiro atoms. The van der Waals surface area contributed by atoms with Crippen LogP contribution in [0.3, 0.4) is 0 Å². The van der Waals surface area contributed by atoms with Gasteiger partial charge in [-0.2, -0.15) is 0 Å². The summed E-state index contributed by atoms with van der Waals surface area (Å²) in [5.41, 5.74) is 12.5. The molecule has 1 fully saturated rings. The fourth-order valence-corrected chi connectivity index (χ4v) is 11.4. The van der Waals surface area contributed by atoms with Gasteiger partial charge in [0.2, 0.25) is 59.5 Å². The molecule has 0 saturated carbocycles. The number of phenolic OH excluding ortho intramolecular Hbond substituents is 1. The largest absolute Gasteiger partial charge is 0.508 e. The second kappa shape index (κ2) is 35.9. The lowest BCUT2D eigenvalue weighted by Crippen LogP contribution is -2.62. The van der Waals surface area contributed by atoms with Crippen LogP contribution in [0.2, 0.25) is 5.02 Å². The summed E-state index contributed by atoms with van der Waals surface area (Å²) in [6, 6.07) is 17.0. The molecule has 0 bridgehead atoms. The van der Waals surface area contributed by atoms with Crippen molar-refractivity contribution in [2.75, 3.05) is 26.7 Å². The number of Topliss-reactive ketones (excluding diaryl/α,β-unsaturated/α-hetero) is 1. The number of halogens is 1. The molecule has 4 aromatic carbocycles. The van der Waals surface area contributed by atoms with Crippen molar-refractivity contribution >= 4 is 87.6 Å². The van der Waals surface area contributed by atoms with Crippen molar-refractivity contribution in [1.29, 1.82) is 0 Å². The zero-order valence-electron chi connectivity index (χ0n) is 54.4. The van der Waals surface area contributed by atoms with Crippen molar-refractivity contribution in [3.63, 3.8) is 0 Å². The van der Waals surface area contributed by atoms with Gasteiger partial charge in [0.05, 0.1) is 19.1 Å². The molecule has 509 valence electrons. The van der Waals surface area contributed by atoms with Gasteiger partial charge in [0, 0.05) is 56.3 Å². The van der Waals surface area contributed by atoms with Crippen molar-refractivity contribution in [3.05, 3.63) is 143 Å². The van der Waals surface area contributed by atoms with Crippen LogP contribution in [0.15, 0.2) is 116 Å². The zero-order chi connectivity index (χ0) is 69.5. The molecule has 26 heteroatoms. The summed E-state index contributed by atoms with van der Waals surface area (Å²) in [4.78, 5) is 160. The van der Waals surface area contributed by atoms with Crippen LogP contribution in [0.4, 0.5) is 0 Å².